The van der Waals surface area contributed by atoms with E-state index in [9.17, 15) is 0 Å². The summed E-state index contributed by atoms with van der Waals surface area (Å²) in [6, 6.07) is 6.40. The number of ether oxygens (including phenoxy) is 1. The molecule has 3 N–H and O–H groups in total. The van der Waals surface area contributed by atoms with Crippen LogP contribution in [0.1, 0.15) is 31.4 Å². The molecule has 0 radical (unpaired) electrons. The maximum Gasteiger partial charge on any atom is 0.122 e. The number of nitrogens with one attached hydrogen (secondary N) is 1. The second kappa shape index (κ2) is 8.11. The van der Waals surface area contributed by atoms with Crippen LogP contribution in [0.3, 0.4) is 0 Å². The Kier molecular flexibility index (Phi) is 6.76. The summed E-state index contributed by atoms with van der Waals surface area (Å²) < 4.78 is 5.33. The van der Waals surface area contributed by atoms with Crippen molar-refractivity contribution in [2.75, 3.05) is 20.2 Å². The summed E-state index contributed by atoms with van der Waals surface area (Å²) in [6.07, 6.45) is 2.08. The van der Waals surface area contributed by atoms with Gasteiger partial charge in [0, 0.05) is 6.54 Å². The highest BCUT2D eigenvalue weighted by molar-refractivity contribution is 5.37. The minimum absolute atomic E-state index is 0.638. The van der Waals surface area contributed by atoms with E-state index in [2.05, 4.69) is 37.4 Å². The normalized spacial score (nSPS) is 12.4. The Labute approximate surface area is 111 Å². The molecule has 0 saturated heterocycles. The predicted molar refractivity (Wildman–Crippen MR) is 76.9 cm³/mol. The van der Waals surface area contributed by atoms with Crippen LogP contribution in [-0.2, 0) is 13.0 Å². The third kappa shape index (κ3) is 4.67. The van der Waals surface area contributed by atoms with Gasteiger partial charge in [0.2, 0.25) is 0 Å². The molecule has 1 aromatic carbocycles. The molecule has 0 bridgehead atoms. The van der Waals surface area contributed by atoms with Crippen LogP contribution in [0.4, 0.5) is 0 Å². The largest absolute Gasteiger partial charge is 0.496 e. The molecule has 102 valence electrons. The number of nitrogens with two attached hydrogens (primary N) is 1. The Hall–Kier alpha value is -1.06. The molecule has 0 saturated carbocycles. The summed E-state index contributed by atoms with van der Waals surface area (Å²) in [5, 5.41) is 3.48. The van der Waals surface area contributed by atoms with Crippen LogP contribution in [0.2, 0.25) is 0 Å². The monoisotopic (exact) mass is 250 g/mol. The molecular weight excluding hydrogens is 224 g/mol. The lowest BCUT2D eigenvalue weighted by atomic mass is 10.1. The molecule has 0 aromatic heterocycles. The van der Waals surface area contributed by atoms with Gasteiger partial charge in [-0.05, 0) is 49.0 Å². The van der Waals surface area contributed by atoms with Crippen molar-refractivity contribution >= 4 is 0 Å². The minimum Gasteiger partial charge on any atom is -0.496 e. The van der Waals surface area contributed by atoms with E-state index >= 15 is 0 Å². The Morgan fingerprint density at radius 1 is 1.39 bits per heavy atom. The molecule has 1 aromatic rings. The first-order valence-corrected chi connectivity index (χ1v) is 6.77. The van der Waals surface area contributed by atoms with Gasteiger partial charge in [0.15, 0.2) is 0 Å². The van der Waals surface area contributed by atoms with Crippen LogP contribution >= 0.6 is 0 Å². The topological polar surface area (TPSA) is 47.3 Å². The molecule has 1 rings (SSSR count). The van der Waals surface area contributed by atoms with Gasteiger partial charge in [-0.2, -0.15) is 0 Å². The van der Waals surface area contributed by atoms with E-state index < -0.39 is 0 Å². The van der Waals surface area contributed by atoms with E-state index in [-0.39, 0.29) is 0 Å². The molecule has 1 unspecified atom stereocenters. The van der Waals surface area contributed by atoms with Crippen molar-refractivity contribution < 1.29 is 4.74 Å². The zero-order valence-corrected chi connectivity index (χ0v) is 11.8. The van der Waals surface area contributed by atoms with Crippen molar-refractivity contribution in [3.8, 4) is 5.75 Å². The molecule has 0 aliphatic carbocycles. The number of aryl methyl sites for hydroxylation is 1. The van der Waals surface area contributed by atoms with Crippen LogP contribution in [0.25, 0.3) is 0 Å². The van der Waals surface area contributed by atoms with Gasteiger partial charge in [0.05, 0.1) is 7.11 Å². The molecule has 0 spiro atoms. The van der Waals surface area contributed by atoms with Crippen molar-refractivity contribution in [2.24, 2.45) is 11.7 Å². The SMILES string of the molecule is CCc1cc(CNCC(C)CCN)ccc1OC. The van der Waals surface area contributed by atoms with Gasteiger partial charge in [0.25, 0.3) is 0 Å². The van der Waals surface area contributed by atoms with Crippen LogP contribution in [0.5, 0.6) is 5.75 Å². The molecule has 0 amide bonds. The molecule has 3 heteroatoms. The van der Waals surface area contributed by atoms with E-state index in [1.165, 1.54) is 11.1 Å². The summed E-state index contributed by atoms with van der Waals surface area (Å²) in [5.74, 6) is 1.62. The van der Waals surface area contributed by atoms with E-state index in [1.54, 1.807) is 7.11 Å². The zero-order valence-electron chi connectivity index (χ0n) is 11.8. The summed E-state index contributed by atoms with van der Waals surface area (Å²) in [4.78, 5) is 0. The molecular formula is C15H26N2O. The second-order valence-electron chi connectivity index (χ2n) is 4.81. The van der Waals surface area contributed by atoms with E-state index in [0.29, 0.717) is 5.92 Å². The number of methoxy groups -OCH3 is 1. The minimum atomic E-state index is 0.638. The highest BCUT2D eigenvalue weighted by Gasteiger charge is 2.03. The van der Waals surface area contributed by atoms with Crippen LogP contribution in [0, 0.1) is 5.92 Å². The number of hydrogen-bond acceptors (Lipinski definition) is 3. The van der Waals surface area contributed by atoms with E-state index in [1.807, 2.05) is 0 Å². The van der Waals surface area contributed by atoms with Crippen LogP contribution < -0.4 is 15.8 Å². The number of rotatable bonds is 8. The van der Waals surface area contributed by atoms with E-state index in [4.69, 9.17) is 10.5 Å². The lowest BCUT2D eigenvalue weighted by Crippen LogP contribution is -2.22. The molecule has 0 fully saturated rings. The van der Waals surface area contributed by atoms with E-state index in [0.717, 1.165) is 38.2 Å². The fraction of sp³-hybridized carbons (Fsp3) is 0.600. The lowest BCUT2D eigenvalue weighted by Gasteiger charge is -2.13. The van der Waals surface area contributed by atoms with Crippen molar-refractivity contribution in [1.82, 2.24) is 5.32 Å². The summed E-state index contributed by atoms with van der Waals surface area (Å²) in [6.45, 7) is 7.08. The number of hydrogen-bond donors (Lipinski definition) is 2. The van der Waals surface area contributed by atoms with Gasteiger partial charge in [0.1, 0.15) is 5.75 Å². The molecule has 3 nitrogen and oxygen atoms in total. The molecule has 0 aliphatic rings. The summed E-state index contributed by atoms with van der Waals surface area (Å²) in [7, 11) is 1.72. The summed E-state index contributed by atoms with van der Waals surface area (Å²) >= 11 is 0. The average molecular weight is 250 g/mol. The van der Waals surface area contributed by atoms with Gasteiger partial charge >= 0.3 is 0 Å². The maximum atomic E-state index is 5.54. The Morgan fingerprint density at radius 2 is 2.17 bits per heavy atom. The first-order valence-electron chi connectivity index (χ1n) is 6.77. The molecule has 18 heavy (non-hydrogen) atoms. The predicted octanol–water partition coefficient (Wildman–Crippen LogP) is 2.33. The average Bonchev–Trinajstić information content (AvgIpc) is 2.38. The second-order valence-corrected chi connectivity index (χ2v) is 4.81. The molecule has 0 heterocycles. The Morgan fingerprint density at radius 3 is 2.78 bits per heavy atom. The Balaban J connectivity index is 2.47. The van der Waals surface area contributed by atoms with Gasteiger partial charge < -0.3 is 15.8 Å². The fourth-order valence-electron chi connectivity index (χ4n) is 2.07. The number of benzene rings is 1. The maximum absolute atomic E-state index is 5.54. The van der Waals surface area contributed by atoms with Crippen molar-refractivity contribution in [2.45, 2.75) is 33.2 Å². The van der Waals surface area contributed by atoms with Crippen molar-refractivity contribution in [3.63, 3.8) is 0 Å². The first kappa shape index (κ1) is 15.0. The molecule has 1 atom stereocenters. The lowest BCUT2D eigenvalue weighted by molar-refractivity contribution is 0.409. The summed E-state index contributed by atoms with van der Waals surface area (Å²) in [5.41, 5.74) is 8.12. The van der Waals surface area contributed by atoms with Gasteiger partial charge in [-0.3, -0.25) is 0 Å². The van der Waals surface area contributed by atoms with Crippen molar-refractivity contribution in [1.29, 1.82) is 0 Å². The Bertz CT molecular complexity index is 352. The third-order valence-electron chi connectivity index (χ3n) is 3.21. The van der Waals surface area contributed by atoms with Gasteiger partial charge in [-0.25, -0.2) is 0 Å². The van der Waals surface area contributed by atoms with Gasteiger partial charge in [-0.15, -0.1) is 0 Å². The van der Waals surface area contributed by atoms with Crippen LogP contribution in [0.15, 0.2) is 18.2 Å². The molecule has 0 aliphatic heterocycles. The van der Waals surface area contributed by atoms with Crippen LogP contribution in [-0.4, -0.2) is 20.2 Å². The standard InChI is InChI=1S/C15H26N2O/c1-4-14-9-13(5-6-15(14)18-3)11-17-10-12(2)7-8-16/h5-6,9,12,17H,4,7-8,10-11,16H2,1-3H3. The van der Waals surface area contributed by atoms with Gasteiger partial charge in [-0.1, -0.05) is 26.0 Å². The third-order valence-corrected chi connectivity index (χ3v) is 3.21. The smallest absolute Gasteiger partial charge is 0.122 e. The zero-order chi connectivity index (χ0) is 13.4. The first-order chi connectivity index (χ1) is 8.71. The highest BCUT2D eigenvalue weighted by atomic mass is 16.5. The highest BCUT2D eigenvalue weighted by Crippen LogP contribution is 2.20. The van der Waals surface area contributed by atoms with Crippen molar-refractivity contribution in [3.05, 3.63) is 29.3 Å². The quantitative estimate of drug-likeness (QED) is 0.744. The fourth-order valence-corrected chi connectivity index (χ4v) is 2.07.